The number of aromatic nitrogens is 3. The predicted octanol–water partition coefficient (Wildman–Crippen LogP) is 3.02. The molecule has 0 bridgehead atoms. The molecule has 3 heterocycles. The zero-order chi connectivity index (χ0) is 22.4. The van der Waals surface area contributed by atoms with Crippen molar-refractivity contribution in [2.24, 2.45) is 12.5 Å². The Kier molecular flexibility index (Phi) is 5.10. The van der Waals surface area contributed by atoms with Crippen LogP contribution in [-0.4, -0.2) is 56.4 Å². The topological polar surface area (TPSA) is 101 Å². The molecule has 2 aliphatic rings. The van der Waals surface area contributed by atoms with Crippen molar-refractivity contribution in [3.8, 4) is 0 Å². The first-order valence-electron chi connectivity index (χ1n) is 10.2. The monoisotopic (exact) mass is 430 g/mol. The summed E-state index contributed by atoms with van der Waals surface area (Å²) in [6.45, 7) is 6.82. The standard InChI is InChI=1S/C21H27FN6O3/c1-20(2,3)31-19(30)28-11-21(12-28)9-13(10-21)23-17-14(5-6-15(22)24-17)18(29)25-16-7-8-27(4)26-16/h5-8,13H,9-12H2,1-4H3,(H,23,24)(H,25,26,29). The van der Waals surface area contributed by atoms with Crippen molar-refractivity contribution in [1.29, 1.82) is 0 Å². The molecule has 2 N–H and O–H groups in total. The lowest BCUT2D eigenvalue weighted by Gasteiger charge is -2.58. The lowest BCUT2D eigenvalue weighted by Crippen LogP contribution is -2.66. The normalized spacial score (nSPS) is 17.6. The number of anilines is 2. The molecule has 0 atom stereocenters. The van der Waals surface area contributed by atoms with E-state index in [2.05, 4.69) is 20.7 Å². The maximum atomic E-state index is 13.8. The Morgan fingerprint density at radius 2 is 1.94 bits per heavy atom. The molecule has 1 spiro atoms. The largest absolute Gasteiger partial charge is 0.444 e. The van der Waals surface area contributed by atoms with Crippen LogP contribution in [0.3, 0.4) is 0 Å². The van der Waals surface area contributed by atoms with Crippen LogP contribution in [0.25, 0.3) is 0 Å². The molecule has 1 saturated carbocycles. The van der Waals surface area contributed by atoms with E-state index in [1.807, 2.05) is 20.8 Å². The maximum Gasteiger partial charge on any atom is 0.410 e. The molecule has 2 aromatic heterocycles. The van der Waals surface area contributed by atoms with E-state index >= 15 is 0 Å². The zero-order valence-electron chi connectivity index (χ0n) is 18.1. The Labute approximate surface area is 180 Å². The summed E-state index contributed by atoms with van der Waals surface area (Å²) in [7, 11) is 1.75. The Morgan fingerprint density at radius 3 is 2.55 bits per heavy atom. The lowest BCUT2D eigenvalue weighted by atomic mass is 9.61. The highest BCUT2D eigenvalue weighted by atomic mass is 19.1. The number of nitrogens with one attached hydrogen (secondary N) is 2. The van der Waals surface area contributed by atoms with Crippen LogP contribution in [0.1, 0.15) is 44.0 Å². The van der Waals surface area contributed by atoms with Gasteiger partial charge >= 0.3 is 6.09 Å². The number of rotatable bonds is 4. The first-order valence-corrected chi connectivity index (χ1v) is 10.2. The number of carbonyl (C=O) groups excluding carboxylic acids is 2. The zero-order valence-corrected chi connectivity index (χ0v) is 18.1. The summed E-state index contributed by atoms with van der Waals surface area (Å²) >= 11 is 0. The highest BCUT2D eigenvalue weighted by Crippen LogP contribution is 2.49. The van der Waals surface area contributed by atoms with Gasteiger partial charge in [0.25, 0.3) is 5.91 Å². The molecule has 2 amide bonds. The van der Waals surface area contributed by atoms with Crippen molar-refractivity contribution >= 4 is 23.6 Å². The summed E-state index contributed by atoms with van der Waals surface area (Å²) in [4.78, 5) is 30.4. The summed E-state index contributed by atoms with van der Waals surface area (Å²) < 4.78 is 20.7. The minimum atomic E-state index is -0.661. The van der Waals surface area contributed by atoms with Gasteiger partial charge in [0.15, 0.2) is 5.82 Å². The summed E-state index contributed by atoms with van der Waals surface area (Å²) in [5, 5.41) is 10.0. The van der Waals surface area contributed by atoms with Crippen LogP contribution in [0.2, 0.25) is 0 Å². The van der Waals surface area contributed by atoms with Crippen LogP contribution >= 0.6 is 0 Å². The van der Waals surface area contributed by atoms with E-state index in [4.69, 9.17) is 4.74 Å². The van der Waals surface area contributed by atoms with E-state index in [-0.39, 0.29) is 28.9 Å². The van der Waals surface area contributed by atoms with Gasteiger partial charge in [0.2, 0.25) is 5.95 Å². The second-order valence-corrected chi connectivity index (χ2v) is 9.44. The van der Waals surface area contributed by atoms with Gasteiger partial charge < -0.3 is 20.3 Å². The maximum absolute atomic E-state index is 13.8. The number of ether oxygens (including phenoxy) is 1. The molecule has 31 heavy (non-hydrogen) atoms. The molecular weight excluding hydrogens is 403 g/mol. The number of pyridine rings is 1. The molecule has 166 valence electrons. The lowest BCUT2D eigenvalue weighted by molar-refractivity contribution is -0.0739. The molecule has 0 radical (unpaired) electrons. The van der Waals surface area contributed by atoms with Crippen LogP contribution in [0.15, 0.2) is 24.4 Å². The molecule has 2 aromatic rings. The van der Waals surface area contributed by atoms with E-state index in [9.17, 15) is 14.0 Å². The van der Waals surface area contributed by atoms with Gasteiger partial charge in [0.1, 0.15) is 11.4 Å². The molecule has 1 aliphatic carbocycles. The summed E-state index contributed by atoms with van der Waals surface area (Å²) in [5.74, 6) is -0.466. The van der Waals surface area contributed by atoms with Crippen LogP contribution in [-0.2, 0) is 11.8 Å². The number of amides is 2. The molecule has 4 rings (SSSR count). The van der Waals surface area contributed by atoms with Crippen LogP contribution in [0.4, 0.5) is 20.8 Å². The summed E-state index contributed by atoms with van der Waals surface area (Å²) in [6.07, 6.45) is 3.04. The van der Waals surface area contributed by atoms with Gasteiger partial charge in [0.05, 0.1) is 5.56 Å². The number of nitrogens with zero attached hydrogens (tertiary/aromatic N) is 4. The fourth-order valence-corrected chi connectivity index (χ4v) is 4.15. The summed E-state index contributed by atoms with van der Waals surface area (Å²) in [5.41, 5.74) is -0.214. The van der Waals surface area contributed by atoms with E-state index in [0.717, 1.165) is 18.9 Å². The number of likely N-dealkylation sites (tertiary alicyclic amines) is 1. The van der Waals surface area contributed by atoms with Crippen molar-refractivity contribution in [3.05, 3.63) is 35.9 Å². The molecule has 2 fully saturated rings. The summed E-state index contributed by atoms with van der Waals surface area (Å²) in [6, 6.07) is 4.29. The Morgan fingerprint density at radius 1 is 1.23 bits per heavy atom. The fourth-order valence-electron chi connectivity index (χ4n) is 4.15. The van der Waals surface area contributed by atoms with Crippen molar-refractivity contribution in [2.75, 3.05) is 23.7 Å². The molecule has 9 nitrogen and oxygen atoms in total. The van der Waals surface area contributed by atoms with Crippen molar-refractivity contribution in [3.63, 3.8) is 0 Å². The first-order chi connectivity index (χ1) is 14.5. The van der Waals surface area contributed by atoms with Gasteiger partial charge in [-0.3, -0.25) is 9.48 Å². The fraction of sp³-hybridized carbons (Fsp3) is 0.524. The molecule has 1 saturated heterocycles. The van der Waals surface area contributed by atoms with Crippen LogP contribution in [0, 0.1) is 11.4 Å². The Bertz CT molecular complexity index is 1000. The van der Waals surface area contributed by atoms with E-state index in [1.54, 1.807) is 28.9 Å². The SMILES string of the molecule is Cn1ccc(NC(=O)c2ccc(F)nc2NC2CC3(C2)CN(C(=O)OC(C)(C)C)C3)n1. The molecule has 0 aromatic carbocycles. The van der Waals surface area contributed by atoms with Crippen LogP contribution in [0.5, 0.6) is 0 Å². The third-order valence-corrected chi connectivity index (χ3v) is 5.47. The first kappa shape index (κ1) is 21.1. The van der Waals surface area contributed by atoms with Gasteiger partial charge in [-0.15, -0.1) is 0 Å². The highest BCUT2D eigenvalue weighted by Gasteiger charge is 2.54. The molecule has 1 aliphatic heterocycles. The Hall–Kier alpha value is -3.17. The third-order valence-electron chi connectivity index (χ3n) is 5.47. The van der Waals surface area contributed by atoms with E-state index in [0.29, 0.717) is 18.9 Å². The molecular formula is C21H27FN6O3. The van der Waals surface area contributed by atoms with Crippen LogP contribution < -0.4 is 10.6 Å². The van der Waals surface area contributed by atoms with Gasteiger partial charge in [0, 0.05) is 43.9 Å². The van der Waals surface area contributed by atoms with Gasteiger partial charge in [-0.2, -0.15) is 9.49 Å². The molecule has 0 unspecified atom stereocenters. The van der Waals surface area contributed by atoms with Gasteiger partial charge in [-0.1, -0.05) is 0 Å². The average Bonchev–Trinajstić information content (AvgIpc) is 2.98. The highest BCUT2D eigenvalue weighted by molar-refractivity contribution is 6.07. The number of aryl methyl sites for hydroxylation is 1. The number of hydrogen-bond acceptors (Lipinski definition) is 6. The predicted molar refractivity (Wildman–Crippen MR) is 112 cm³/mol. The third kappa shape index (κ3) is 4.62. The number of carbonyl (C=O) groups is 2. The van der Waals surface area contributed by atoms with Gasteiger partial charge in [-0.25, -0.2) is 9.78 Å². The van der Waals surface area contributed by atoms with Crippen molar-refractivity contribution in [2.45, 2.75) is 45.3 Å². The average molecular weight is 430 g/mol. The second-order valence-electron chi connectivity index (χ2n) is 9.44. The smallest absolute Gasteiger partial charge is 0.410 e. The number of hydrogen-bond donors (Lipinski definition) is 2. The minimum Gasteiger partial charge on any atom is -0.444 e. The van der Waals surface area contributed by atoms with Crippen molar-refractivity contribution in [1.82, 2.24) is 19.7 Å². The Balaban J connectivity index is 1.34. The van der Waals surface area contributed by atoms with Gasteiger partial charge in [-0.05, 0) is 45.7 Å². The van der Waals surface area contributed by atoms with Crippen molar-refractivity contribution < 1.29 is 18.7 Å². The molecule has 10 heteroatoms. The second kappa shape index (κ2) is 7.51. The van der Waals surface area contributed by atoms with E-state index in [1.165, 1.54) is 6.07 Å². The minimum absolute atomic E-state index is 0.0523. The number of halogens is 1. The quantitative estimate of drug-likeness (QED) is 0.723. The van der Waals surface area contributed by atoms with E-state index < -0.39 is 17.5 Å².